The monoisotopic (exact) mass is 463 g/mol. The van der Waals surface area contributed by atoms with Gasteiger partial charge in [-0.25, -0.2) is 4.39 Å². The largest absolute Gasteiger partial charge is 0.370 e. The van der Waals surface area contributed by atoms with E-state index in [0.29, 0.717) is 19.4 Å². The first-order valence-corrected chi connectivity index (χ1v) is 10.3. The summed E-state index contributed by atoms with van der Waals surface area (Å²) in [5.41, 5.74) is 4.95. The van der Waals surface area contributed by atoms with E-state index < -0.39 is 35.5 Å². The van der Waals surface area contributed by atoms with Crippen LogP contribution in [0.5, 0.6) is 0 Å². The summed E-state index contributed by atoms with van der Waals surface area (Å²) in [7, 11) is 0. The minimum atomic E-state index is -1.04. The topological polar surface area (TPSA) is 92.5 Å². The Morgan fingerprint density at radius 2 is 2.00 bits per heavy atom. The van der Waals surface area contributed by atoms with E-state index in [4.69, 9.17) is 12.2 Å². The second-order valence-electron chi connectivity index (χ2n) is 7.65. The number of nitrogens with one attached hydrogen (secondary N) is 1. The number of halogens is 2. The number of hydrogen-bond donors (Lipinski definition) is 2. The summed E-state index contributed by atoms with van der Waals surface area (Å²) in [5, 5.41) is 2.62. The molecule has 8 heteroatoms. The van der Waals surface area contributed by atoms with E-state index in [9.17, 15) is 18.8 Å². The van der Waals surface area contributed by atoms with Crippen LogP contribution in [0.3, 0.4) is 0 Å². The first kappa shape index (κ1) is 21.3. The summed E-state index contributed by atoms with van der Waals surface area (Å²) in [6.07, 6.45) is 5.51. The van der Waals surface area contributed by atoms with Crippen molar-refractivity contribution in [3.63, 3.8) is 0 Å². The lowest BCUT2D eigenvalue weighted by molar-refractivity contribution is -0.148. The first-order valence-electron chi connectivity index (χ1n) is 9.53. The number of terminal acetylenes is 1. The summed E-state index contributed by atoms with van der Waals surface area (Å²) in [5.74, 6) is 1.06. The van der Waals surface area contributed by atoms with Gasteiger partial charge in [0.1, 0.15) is 12.2 Å². The lowest BCUT2D eigenvalue weighted by atomic mass is 9.62. The number of carbonyl (C=O) groups excluding carboxylic acids is 3. The summed E-state index contributed by atoms with van der Waals surface area (Å²) in [4.78, 5) is 38.9. The van der Waals surface area contributed by atoms with Crippen LogP contribution in [-0.4, -0.2) is 47.4 Å². The molecule has 3 rings (SSSR count). The second kappa shape index (κ2) is 8.54. The van der Waals surface area contributed by atoms with Crippen molar-refractivity contribution in [2.24, 2.45) is 5.73 Å². The Hall–Kier alpha value is -2.40. The number of amides is 3. The molecule has 2 aliphatic rings. The summed E-state index contributed by atoms with van der Waals surface area (Å²) < 4.78 is 14.8. The van der Waals surface area contributed by atoms with Crippen LogP contribution >= 0.6 is 15.9 Å². The molecular formula is C21H23BrFN3O3. The molecule has 1 aromatic rings. The summed E-state index contributed by atoms with van der Waals surface area (Å²) in [6.45, 7) is 0.419. The number of carbonyl (C=O) groups is 3. The zero-order valence-corrected chi connectivity index (χ0v) is 17.5. The van der Waals surface area contributed by atoms with Gasteiger partial charge in [0.2, 0.25) is 17.7 Å². The SMILES string of the molecule is C#C[C@H](CC(N)=O)NC(=O)[C@@H]1CCCN1C(=O)C1(c2ccc(Br)cc2)CC(F)C1. The normalized spacial score (nSPS) is 26.9. The average Bonchev–Trinajstić information content (AvgIpc) is 3.14. The van der Waals surface area contributed by atoms with Crippen LogP contribution in [0.15, 0.2) is 28.7 Å². The van der Waals surface area contributed by atoms with Crippen molar-refractivity contribution in [1.29, 1.82) is 0 Å². The lowest BCUT2D eigenvalue weighted by Gasteiger charge is -2.46. The maximum Gasteiger partial charge on any atom is 0.243 e. The zero-order valence-electron chi connectivity index (χ0n) is 15.9. The smallest absolute Gasteiger partial charge is 0.243 e. The van der Waals surface area contributed by atoms with Crippen molar-refractivity contribution in [1.82, 2.24) is 10.2 Å². The molecule has 1 saturated carbocycles. The predicted molar refractivity (Wildman–Crippen MR) is 109 cm³/mol. The van der Waals surface area contributed by atoms with E-state index in [0.717, 1.165) is 10.0 Å². The van der Waals surface area contributed by atoms with Gasteiger partial charge in [-0.3, -0.25) is 14.4 Å². The molecule has 2 fully saturated rings. The number of hydrogen-bond acceptors (Lipinski definition) is 3. The molecule has 1 heterocycles. The van der Waals surface area contributed by atoms with Crippen LogP contribution < -0.4 is 11.1 Å². The van der Waals surface area contributed by atoms with E-state index in [1.807, 2.05) is 24.3 Å². The number of nitrogens with zero attached hydrogens (tertiary/aromatic N) is 1. The highest BCUT2D eigenvalue weighted by molar-refractivity contribution is 9.10. The molecule has 0 aromatic heterocycles. The Kier molecular flexibility index (Phi) is 6.27. The highest BCUT2D eigenvalue weighted by Gasteiger charge is 2.55. The van der Waals surface area contributed by atoms with Gasteiger partial charge < -0.3 is 16.0 Å². The fraction of sp³-hybridized carbons (Fsp3) is 0.476. The van der Waals surface area contributed by atoms with Crippen LogP contribution in [0.4, 0.5) is 4.39 Å². The van der Waals surface area contributed by atoms with E-state index in [1.54, 1.807) is 0 Å². The maximum absolute atomic E-state index is 13.9. The van der Waals surface area contributed by atoms with Gasteiger partial charge in [0.05, 0.1) is 17.9 Å². The van der Waals surface area contributed by atoms with E-state index in [2.05, 4.69) is 27.2 Å². The van der Waals surface area contributed by atoms with E-state index in [1.165, 1.54) is 4.90 Å². The van der Waals surface area contributed by atoms with Crippen molar-refractivity contribution in [3.8, 4) is 12.3 Å². The first-order chi connectivity index (χ1) is 13.8. The lowest BCUT2D eigenvalue weighted by Crippen LogP contribution is -2.58. The van der Waals surface area contributed by atoms with Crippen LogP contribution in [0.25, 0.3) is 0 Å². The summed E-state index contributed by atoms with van der Waals surface area (Å²) >= 11 is 3.37. The standard InChI is InChI=1S/C21H23BrFN3O3/c1-2-16(10-18(24)27)25-19(28)17-4-3-9-26(17)20(29)21(11-15(23)12-21)13-5-7-14(22)8-6-13/h1,5-8,15-17H,3-4,9-12H2,(H2,24,27)(H,25,28)/t15?,16-,17+,21?/m1/s1. The van der Waals surface area contributed by atoms with Crippen molar-refractivity contribution >= 4 is 33.7 Å². The molecule has 1 aliphatic carbocycles. The third kappa shape index (κ3) is 4.30. The van der Waals surface area contributed by atoms with Gasteiger partial charge in [0.15, 0.2) is 0 Å². The molecule has 0 bridgehead atoms. The molecule has 2 atom stereocenters. The van der Waals surface area contributed by atoms with Crippen molar-refractivity contribution in [2.75, 3.05) is 6.54 Å². The molecular weight excluding hydrogens is 441 g/mol. The van der Waals surface area contributed by atoms with Crippen molar-refractivity contribution < 1.29 is 18.8 Å². The Morgan fingerprint density at radius 3 is 2.55 bits per heavy atom. The van der Waals surface area contributed by atoms with E-state index in [-0.39, 0.29) is 25.2 Å². The number of alkyl halides is 1. The minimum absolute atomic E-state index is 0.104. The third-order valence-corrected chi connectivity index (χ3v) is 6.21. The molecule has 6 nitrogen and oxygen atoms in total. The molecule has 3 amide bonds. The zero-order chi connectivity index (χ0) is 21.2. The highest BCUT2D eigenvalue weighted by atomic mass is 79.9. The predicted octanol–water partition coefficient (Wildman–Crippen LogP) is 1.80. The number of likely N-dealkylation sites (tertiary alicyclic amines) is 1. The highest BCUT2D eigenvalue weighted by Crippen LogP contribution is 2.48. The van der Waals surface area contributed by atoms with Gasteiger partial charge in [-0.1, -0.05) is 34.0 Å². The Labute approximate surface area is 177 Å². The van der Waals surface area contributed by atoms with Gasteiger partial charge in [0, 0.05) is 11.0 Å². The molecule has 29 heavy (non-hydrogen) atoms. The number of benzene rings is 1. The number of nitrogens with two attached hydrogens (primary N) is 1. The van der Waals surface area contributed by atoms with Crippen molar-refractivity contribution in [2.45, 2.75) is 55.8 Å². The van der Waals surface area contributed by atoms with E-state index >= 15 is 0 Å². The van der Waals surface area contributed by atoms with Gasteiger partial charge >= 0.3 is 0 Å². The third-order valence-electron chi connectivity index (χ3n) is 5.69. The Morgan fingerprint density at radius 1 is 1.34 bits per heavy atom. The molecule has 0 spiro atoms. The quantitative estimate of drug-likeness (QED) is 0.629. The minimum Gasteiger partial charge on any atom is -0.370 e. The fourth-order valence-corrected chi connectivity index (χ4v) is 4.44. The van der Waals surface area contributed by atoms with Crippen LogP contribution in [0, 0.1) is 12.3 Å². The average molecular weight is 464 g/mol. The van der Waals surface area contributed by atoms with Crippen molar-refractivity contribution in [3.05, 3.63) is 34.3 Å². The van der Waals surface area contributed by atoms with Gasteiger partial charge in [-0.05, 0) is 43.4 Å². The van der Waals surface area contributed by atoms with Crippen LogP contribution in [-0.2, 0) is 19.8 Å². The van der Waals surface area contributed by atoms with Gasteiger partial charge in [-0.2, -0.15) is 0 Å². The molecule has 154 valence electrons. The number of rotatable bonds is 6. The van der Waals surface area contributed by atoms with Crippen LogP contribution in [0.2, 0.25) is 0 Å². The molecule has 3 N–H and O–H groups in total. The fourth-order valence-electron chi connectivity index (χ4n) is 4.18. The Balaban J connectivity index is 1.79. The molecule has 1 aromatic carbocycles. The van der Waals surface area contributed by atoms with Gasteiger partial charge in [-0.15, -0.1) is 6.42 Å². The maximum atomic E-state index is 13.9. The molecule has 0 unspecified atom stereocenters. The number of primary amides is 1. The molecule has 1 aliphatic heterocycles. The summed E-state index contributed by atoms with van der Waals surface area (Å²) in [6, 6.07) is 5.77. The second-order valence-corrected chi connectivity index (χ2v) is 8.57. The molecule has 0 radical (unpaired) electrons. The van der Waals surface area contributed by atoms with Gasteiger partial charge in [0.25, 0.3) is 0 Å². The van der Waals surface area contributed by atoms with Crippen LogP contribution in [0.1, 0.15) is 37.7 Å². The molecule has 1 saturated heterocycles. The Bertz CT molecular complexity index is 846.